The second-order valence-electron chi connectivity index (χ2n) is 4.97. The summed E-state index contributed by atoms with van der Waals surface area (Å²) in [7, 11) is -4.03. The van der Waals surface area contributed by atoms with E-state index in [1.54, 1.807) is 26.8 Å². The third kappa shape index (κ3) is 6.11. The van der Waals surface area contributed by atoms with Gasteiger partial charge in [-0.3, -0.25) is 14.4 Å². The highest BCUT2D eigenvalue weighted by molar-refractivity contribution is 6.65. The van der Waals surface area contributed by atoms with E-state index in [0.29, 0.717) is 5.56 Å². The summed E-state index contributed by atoms with van der Waals surface area (Å²) < 4.78 is 29.2. The van der Waals surface area contributed by atoms with Crippen molar-refractivity contribution in [2.24, 2.45) is 0 Å². The summed E-state index contributed by atoms with van der Waals surface area (Å²) in [5, 5.41) is 0. The van der Waals surface area contributed by atoms with Crippen LogP contribution in [-0.2, 0) is 33.7 Å². The monoisotopic (exact) mass is 356 g/mol. The molecule has 0 N–H and O–H groups in total. The molecule has 24 heavy (non-hydrogen) atoms. The van der Waals surface area contributed by atoms with E-state index in [9.17, 15) is 18.8 Å². The molecular formula is C16H21FO6Si. The number of carbonyl (C=O) groups excluding carboxylic acids is 3. The molecule has 1 rings (SSSR count). The Kier molecular flexibility index (Phi) is 7.57. The summed E-state index contributed by atoms with van der Waals surface area (Å²) in [5.41, 5.74) is 0.401. The Hall–Kier alpha value is -2.22. The summed E-state index contributed by atoms with van der Waals surface area (Å²) >= 11 is 0. The van der Waals surface area contributed by atoms with Crippen LogP contribution in [0, 0.1) is 5.82 Å². The molecule has 0 spiro atoms. The van der Waals surface area contributed by atoms with Crippen LogP contribution in [0.25, 0.3) is 0 Å². The minimum absolute atomic E-state index is 0.0191. The standard InChI is InChI=1S/C16H21FO6Si/c1-4-14(18)21-24(22-15(19)5-2,23-16(20)6-3)11-12-8-7-9-13(17)10-12/h7-10H,4-6,11H2,1-3H3. The van der Waals surface area contributed by atoms with Crippen LogP contribution in [0.15, 0.2) is 24.3 Å². The van der Waals surface area contributed by atoms with Crippen LogP contribution in [-0.4, -0.2) is 26.7 Å². The van der Waals surface area contributed by atoms with Gasteiger partial charge in [-0.15, -0.1) is 0 Å². The zero-order valence-corrected chi connectivity index (χ0v) is 15.0. The fourth-order valence-corrected chi connectivity index (χ4v) is 4.34. The third-order valence-electron chi connectivity index (χ3n) is 2.98. The first-order valence-electron chi connectivity index (χ1n) is 7.74. The van der Waals surface area contributed by atoms with Crippen molar-refractivity contribution < 1.29 is 32.1 Å². The second-order valence-corrected chi connectivity index (χ2v) is 7.30. The van der Waals surface area contributed by atoms with Crippen LogP contribution in [0.3, 0.4) is 0 Å². The molecule has 0 saturated carbocycles. The van der Waals surface area contributed by atoms with Crippen LogP contribution in [0.1, 0.15) is 45.6 Å². The fraction of sp³-hybridized carbons (Fsp3) is 0.438. The molecule has 0 saturated heterocycles. The van der Waals surface area contributed by atoms with Crippen molar-refractivity contribution in [3.63, 3.8) is 0 Å². The molecule has 0 heterocycles. The molecule has 0 aliphatic rings. The molecule has 0 bridgehead atoms. The molecule has 0 atom stereocenters. The minimum Gasteiger partial charge on any atom is -0.455 e. The topological polar surface area (TPSA) is 78.9 Å². The van der Waals surface area contributed by atoms with E-state index in [1.165, 1.54) is 18.2 Å². The van der Waals surface area contributed by atoms with Crippen molar-refractivity contribution in [3.8, 4) is 0 Å². The molecule has 132 valence electrons. The molecule has 0 aromatic heterocycles. The minimum atomic E-state index is -4.03. The third-order valence-corrected chi connectivity index (χ3v) is 5.44. The lowest BCUT2D eigenvalue weighted by molar-refractivity contribution is -0.150. The number of hydrogen-bond donors (Lipinski definition) is 0. The van der Waals surface area contributed by atoms with Gasteiger partial charge < -0.3 is 13.3 Å². The highest BCUT2D eigenvalue weighted by Crippen LogP contribution is 2.20. The van der Waals surface area contributed by atoms with Gasteiger partial charge in [0.2, 0.25) is 0 Å². The smallest absolute Gasteiger partial charge is 0.455 e. The number of hydrogen-bond acceptors (Lipinski definition) is 6. The predicted molar refractivity (Wildman–Crippen MR) is 85.0 cm³/mol. The first kappa shape index (κ1) is 19.8. The lowest BCUT2D eigenvalue weighted by Crippen LogP contribution is -2.52. The molecule has 0 unspecified atom stereocenters. The SMILES string of the molecule is CCC(=O)O[Si](Cc1cccc(F)c1)(OC(=O)CC)OC(=O)CC. The summed E-state index contributed by atoms with van der Waals surface area (Å²) in [6.45, 7) is 4.69. The van der Waals surface area contributed by atoms with Crippen LogP contribution in [0.4, 0.5) is 4.39 Å². The van der Waals surface area contributed by atoms with Gasteiger partial charge >= 0.3 is 8.80 Å². The lowest BCUT2D eigenvalue weighted by Gasteiger charge is -2.27. The molecule has 0 radical (unpaired) electrons. The van der Waals surface area contributed by atoms with Crippen molar-refractivity contribution >= 4 is 26.7 Å². The van der Waals surface area contributed by atoms with Crippen molar-refractivity contribution in [1.29, 1.82) is 0 Å². The van der Waals surface area contributed by atoms with Gasteiger partial charge in [-0.05, 0) is 17.7 Å². The van der Waals surface area contributed by atoms with Gasteiger partial charge in [-0.25, -0.2) is 4.39 Å². The molecule has 8 heteroatoms. The van der Waals surface area contributed by atoms with Gasteiger partial charge in [0, 0.05) is 19.3 Å². The molecule has 0 amide bonds. The highest BCUT2D eigenvalue weighted by atomic mass is 28.4. The lowest BCUT2D eigenvalue weighted by atomic mass is 10.2. The Morgan fingerprint density at radius 2 is 1.38 bits per heavy atom. The Balaban J connectivity index is 3.22. The van der Waals surface area contributed by atoms with Gasteiger partial charge in [0.1, 0.15) is 5.82 Å². The van der Waals surface area contributed by atoms with Crippen molar-refractivity contribution in [2.45, 2.75) is 46.1 Å². The van der Waals surface area contributed by atoms with Gasteiger partial charge in [0.05, 0.1) is 6.04 Å². The number of halogens is 1. The number of benzene rings is 1. The van der Waals surface area contributed by atoms with E-state index in [-0.39, 0.29) is 25.3 Å². The first-order chi connectivity index (χ1) is 11.3. The van der Waals surface area contributed by atoms with E-state index in [2.05, 4.69) is 0 Å². The summed E-state index contributed by atoms with van der Waals surface area (Å²) in [4.78, 5) is 35.3. The molecule has 1 aromatic rings. The van der Waals surface area contributed by atoms with Gasteiger partial charge in [0.15, 0.2) is 0 Å². The quantitative estimate of drug-likeness (QED) is 0.667. The average molecular weight is 356 g/mol. The zero-order valence-electron chi connectivity index (χ0n) is 14.0. The predicted octanol–water partition coefficient (Wildman–Crippen LogP) is 2.71. The normalized spacial score (nSPS) is 10.8. The molecule has 0 fully saturated rings. The number of rotatable bonds is 8. The summed E-state index contributed by atoms with van der Waals surface area (Å²) in [6.07, 6.45) is 0.0573. The molecular weight excluding hydrogens is 335 g/mol. The van der Waals surface area contributed by atoms with Crippen LogP contribution < -0.4 is 0 Å². The summed E-state index contributed by atoms with van der Waals surface area (Å²) in [6, 6.07) is 5.33. The maximum atomic E-state index is 13.4. The van der Waals surface area contributed by atoms with E-state index in [0.717, 1.165) is 0 Å². The highest BCUT2D eigenvalue weighted by Gasteiger charge is 2.52. The maximum absolute atomic E-state index is 13.4. The van der Waals surface area contributed by atoms with Gasteiger partial charge in [-0.2, -0.15) is 0 Å². The molecule has 0 aliphatic carbocycles. The van der Waals surface area contributed by atoms with E-state index < -0.39 is 32.5 Å². The zero-order chi connectivity index (χ0) is 18.2. The van der Waals surface area contributed by atoms with Crippen molar-refractivity contribution in [1.82, 2.24) is 0 Å². The van der Waals surface area contributed by atoms with E-state index >= 15 is 0 Å². The summed E-state index contributed by atoms with van der Waals surface area (Å²) in [5.74, 6) is -2.48. The maximum Gasteiger partial charge on any atom is 0.709 e. The van der Waals surface area contributed by atoms with E-state index in [1.807, 2.05) is 0 Å². The molecule has 1 aromatic carbocycles. The number of carbonyl (C=O) groups is 3. The van der Waals surface area contributed by atoms with Crippen molar-refractivity contribution in [3.05, 3.63) is 35.6 Å². The Morgan fingerprint density at radius 3 is 1.75 bits per heavy atom. The Morgan fingerprint density at radius 1 is 0.917 bits per heavy atom. The molecule has 6 nitrogen and oxygen atoms in total. The largest absolute Gasteiger partial charge is 0.709 e. The molecule has 0 aliphatic heterocycles. The van der Waals surface area contributed by atoms with Crippen molar-refractivity contribution in [2.75, 3.05) is 0 Å². The average Bonchev–Trinajstić information content (AvgIpc) is 2.54. The van der Waals surface area contributed by atoms with Gasteiger partial charge in [-0.1, -0.05) is 32.9 Å². The van der Waals surface area contributed by atoms with Crippen LogP contribution in [0.5, 0.6) is 0 Å². The first-order valence-corrected chi connectivity index (χ1v) is 9.67. The Labute approximate surface area is 141 Å². The van der Waals surface area contributed by atoms with Crippen LogP contribution >= 0.6 is 0 Å². The van der Waals surface area contributed by atoms with Crippen LogP contribution in [0.2, 0.25) is 0 Å². The Bertz CT molecular complexity index is 558. The second kappa shape index (κ2) is 9.17. The van der Waals surface area contributed by atoms with Gasteiger partial charge in [0.25, 0.3) is 17.9 Å². The fourth-order valence-electron chi connectivity index (χ4n) is 1.80. The van der Waals surface area contributed by atoms with E-state index in [4.69, 9.17) is 13.3 Å².